The lowest BCUT2D eigenvalue weighted by molar-refractivity contribution is 0.102. The summed E-state index contributed by atoms with van der Waals surface area (Å²) in [7, 11) is 0. The maximum Gasteiger partial charge on any atom is 0.255 e. The molecule has 0 saturated carbocycles. The molecule has 17 heavy (non-hydrogen) atoms. The zero-order valence-corrected chi connectivity index (χ0v) is 8.79. The van der Waals surface area contributed by atoms with E-state index >= 15 is 0 Å². The van der Waals surface area contributed by atoms with E-state index < -0.39 is 0 Å². The number of rotatable bonds is 2. The van der Waals surface area contributed by atoms with E-state index in [9.17, 15) is 9.90 Å². The van der Waals surface area contributed by atoms with Crippen LogP contribution in [0.15, 0.2) is 36.9 Å². The molecule has 6 heteroatoms. The summed E-state index contributed by atoms with van der Waals surface area (Å²) in [6.07, 6.45) is 4.31. The molecule has 0 fully saturated rings. The normalized spacial score (nSPS) is 9.88. The number of carbonyl (C=O) groups is 1. The standard InChI is InChI=1S/C11H10N4O2/c12-9-2-1-7(3-10(9)16)11(17)15-8-4-13-6-14-5-8/h1-6,16H,12H2,(H,15,17). The lowest BCUT2D eigenvalue weighted by Crippen LogP contribution is -2.12. The number of hydrogen-bond donors (Lipinski definition) is 3. The molecule has 1 aromatic carbocycles. The Labute approximate surface area is 97.1 Å². The molecule has 1 amide bonds. The first kappa shape index (κ1) is 10.9. The summed E-state index contributed by atoms with van der Waals surface area (Å²) in [5.74, 6) is -0.489. The average Bonchev–Trinajstić information content (AvgIpc) is 2.34. The van der Waals surface area contributed by atoms with Crippen LogP contribution in [0.4, 0.5) is 11.4 Å². The zero-order valence-electron chi connectivity index (χ0n) is 8.79. The number of nitrogens with one attached hydrogen (secondary N) is 1. The third-order valence-electron chi connectivity index (χ3n) is 2.11. The van der Waals surface area contributed by atoms with Crippen molar-refractivity contribution in [2.75, 3.05) is 11.1 Å². The first-order valence-electron chi connectivity index (χ1n) is 4.81. The molecule has 0 spiro atoms. The van der Waals surface area contributed by atoms with Crippen molar-refractivity contribution in [3.63, 3.8) is 0 Å². The van der Waals surface area contributed by atoms with Crippen LogP contribution in [-0.2, 0) is 0 Å². The van der Waals surface area contributed by atoms with Crippen LogP contribution in [0.25, 0.3) is 0 Å². The van der Waals surface area contributed by atoms with Crippen molar-refractivity contribution in [1.82, 2.24) is 9.97 Å². The van der Waals surface area contributed by atoms with Crippen LogP contribution in [0.3, 0.4) is 0 Å². The number of phenols is 1. The molecular weight excluding hydrogens is 220 g/mol. The highest BCUT2D eigenvalue weighted by atomic mass is 16.3. The summed E-state index contributed by atoms with van der Waals surface area (Å²) in [6.45, 7) is 0. The third kappa shape index (κ3) is 2.49. The summed E-state index contributed by atoms with van der Waals surface area (Å²) in [5.41, 5.74) is 6.45. The summed E-state index contributed by atoms with van der Waals surface area (Å²) >= 11 is 0. The molecule has 0 atom stereocenters. The van der Waals surface area contributed by atoms with Crippen molar-refractivity contribution in [3.8, 4) is 5.75 Å². The Bertz CT molecular complexity index is 542. The molecule has 0 radical (unpaired) electrons. The van der Waals surface area contributed by atoms with Crippen molar-refractivity contribution >= 4 is 17.3 Å². The predicted octanol–water partition coefficient (Wildman–Crippen LogP) is 1.02. The molecular formula is C11H10N4O2. The molecule has 2 aromatic rings. The number of nitrogens with zero attached hydrogens (tertiary/aromatic N) is 2. The number of benzene rings is 1. The van der Waals surface area contributed by atoms with Crippen molar-refractivity contribution in [2.45, 2.75) is 0 Å². The maximum atomic E-state index is 11.8. The van der Waals surface area contributed by atoms with Gasteiger partial charge in [0.1, 0.15) is 12.1 Å². The fourth-order valence-corrected chi connectivity index (χ4v) is 1.25. The Balaban J connectivity index is 2.18. The van der Waals surface area contributed by atoms with E-state index in [1.54, 1.807) is 0 Å². The highest BCUT2D eigenvalue weighted by Gasteiger charge is 2.08. The smallest absolute Gasteiger partial charge is 0.255 e. The highest BCUT2D eigenvalue weighted by molar-refractivity contribution is 6.04. The monoisotopic (exact) mass is 230 g/mol. The second kappa shape index (κ2) is 4.48. The average molecular weight is 230 g/mol. The molecule has 4 N–H and O–H groups in total. The SMILES string of the molecule is Nc1ccc(C(=O)Nc2cncnc2)cc1O. The van der Waals surface area contributed by atoms with Crippen molar-refractivity contribution in [2.24, 2.45) is 0 Å². The van der Waals surface area contributed by atoms with Gasteiger partial charge >= 0.3 is 0 Å². The Morgan fingerprint density at radius 2 is 2.00 bits per heavy atom. The van der Waals surface area contributed by atoms with Gasteiger partial charge in [-0.1, -0.05) is 0 Å². The van der Waals surface area contributed by atoms with Gasteiger partial charge in [-0.25, -0.2) is 9.97 Å². The van der Waals surface area contributed by atoms with Gasteiger partial charge < -0.3 is 16.2 Å². The van der Waals surface area contributed by atoms with Crippen LogP contribution >= 0.6 is 0 Å². The van der Waals surface area contributed by atoms with E-state index in [0.29, 0.717) is 11.3 Å². The van der Waals surface area contributed by atoms with E-state index in [0.717, 1.165) is 0 Å². The third-order valence-corrected chi connectivity index (χ3v) is 2.11. The van der Waals surface area contributed by atoms with Gasteiger partial charge in [0.25, 0.3) is 5.91 Å². The van der Waals surface area contributed by atoms with E-state index in [1.807, 2.05) is 0 Å². The molecule has 6 nitrogen and oxygen atoms in total. The molecule has 0 unspecified atom stereocenters. The second-order valence-electron chi connectivity index (χ2n) is 3.35. The summed E-state index contributed by atoms with van der Waals surface area (Å²) in [5, 5.41) is 12.0. The number of amides is 1. The summed E-state index contributed by atoms with van der Waals surface area (Å²) in [4.78, 5) is 19.3. The molecule has 86 valence electrons. The number of phenolic OH excluding ortho intramolecular Hbond substituents is 1. The van der Waals surface area contributed by atoms with Gasteiger partial charge in [-0.15, -0.1) is 0 Å². The van der Waals surface area contributed by atoms with Gasteiger partial charge in [-0.3, -0.25) is 4.79 Å². The first-order valence-corrected chi connectivity index (χ1v) is 4.81. The van der Waals surface area contributed by atoms with E-state index in [4.69, 9.17) is 5.73 Å². The molecule has 0 bridgehead atoms. The minimum absolute atomic E-state index is 0.123. The van der Waals surface area contributed by atoms with Gasteiger partial charge in [0.2, 0.25) is 0 Å². The fourth-order valence-electron chi connectivity index (χ4n) is 1.25. The van der Waals surface area contributed by atoms with Gasteiger partial charge in [-0.2, -0.15) is 0 Å². The minimum atomic E-state index is -0.366. The van der Waals surface area contributed by atoms with E-state index in [2.05, 4.69) is 15.3 Å². The number of carbonyl (C=O) groups excluding carboxylic acids is 1. The predicted molar refractivity (Wildman–Crippen MR) is 62.5 cm³/mol. The first-order chi connectivity index (χ1) is 8.16. The van der Waals surface area contributed by atoms with E-state index in [1.165, 1.54) is 36.9 Å². The van der Waals surface area contributed by atoms with Crippen molar-refractivity contribution in [1.29, 1.82) is 0 Å². The van der Waals surface area contributed by atoms with Crippen LogP contribution < -0.4 is 11.1 Å². The fraction of sp³-hybridized carbons (Fsp3) is 0. The van der Waals surface area contributed by atoms with E-state index in [-0.39, 0.29) is 17.3 Å². The lowest BCUT2D eigenvalue weighted by Gasteiger charge is -2.05. The van der Waals surface area contributed by atoms with Crippen LogP contribution in [0.5, 0.6) is 5.75 Å². The molecule has 2 rings (SSSR count). The van der Waals surface area contributed by atoms with Crippen molar-refractivity contribution < 1.29 is 9.90 Å². The second-order valence-corrected chi connectivity index (χ2v) is 3.35. The van der Waals surface area contributed by atoms with Gasteiger partial charge in [0, 0.05) is 5.56 Å². The number of anilines is 2. The Morgan fingerprint density at radius 1 is 1.29 bits per heavy atom. The summed E-state index contributed by atoms with van der Waals surface area (Å²) in [6, 6.07) is 4.29. The lowest BCUT2D eigenvalue weighted by atomic mass is 10.2. The molecule has 0 aliphatic heterocycles. The minimum Gasteiger partial charge on any atom is -0.506 e. The van der Waals surface area contributed by atoms with Crippen LogP contribution in [0.1, 0.15) is 10.4 Å². The number of hydrogen-bond acceptors (Lipinski definition) is 5. The Morgan fingerprint density at radius 3 is 2.65 bits per heavy atom. The molecule has 1 aromatic heterocycles. The van der Waals surface area contributed by atoms with Crippen LogP contribution in [0, 0.1) is 0 Å². The van der Waals surface area contributed by atoms with Gasteiger partial charge in [-0.05, 0) is 18.2 Å². The molecule has 0 saturated heterocycles. The number of aromatic nitrogens is 2. The molecule has 1 heterocycles. The Hall–Kier alpha value is -2.63. The Kier molecular flexibility index (Phi) is 2.87. The number of nitrogen functional groups attached to an aromatic ring is 1. The van der Waals surface area contributed by atoms with Gasteiger partial charge in [0.15, 0.2) is 0 Å². The number of aromatic hydroxyl groups is 1. The highest BCUT2D eigenvalue weighted by Crippen LogP contribution is 2.21. The topological polar surface area (TPSA) is 101 Å². The quantitative estimate of drug-likeness (QED) is 0.528. The molecule has 0 aliphatic rings. The van der Waals surface area contributed by atoms with Gasteiger partial charge in [0.05, 0.1) is 23.8 Å². The molecule has 0 aliphatic carbocycles. The van der Waals surface area contributed by atoms with Crippen LogP contribution in [0.2, 0.25) is 0 Å². The number of nitrogens with two attached hydrogens (primary N) is 1. The summed E-state index contributed by atoms with van der Waals surface area (Å²) < 4.78 is 0. The zero-order chi connectivity index (χ0) is 12.3. The van der Waals surface area contributed by atoms with Crippen molar-refractivity contribution in [3.05, 3.63) is 42.5 Å². The maximum absolute atomic E-state index is 11.8. The largest absolute Gasteiger partial charge is 0.506 e. The van der Waals surface area contributed by atoms with Crippen LogP contribution in [-0.4, -0.2) is 21.0 Å².